The number of amides is 1. The topological polar surface area (TPSA) is 47.9 Å². The van der Waals surface area contributed by atoms with Crippen LogP contribution in [-0.4, -0.2) is 49.7 Å². The Morgan fingerprint density at radius 1 is 1.00 bits per heavy atom. The summed E-state index contributed by atoms with van der Waals surface area (Å²) in [5.41, 5.74) is 3.40. The van der Waals surface area contributed by atoms with E-state index in [0.717, 1.165) is 38.3 Å². The summed E-state index contributed by atoms with van der Waals surface area (Å²) in [5.74, 6) is -0.223. The van der Waals surface area contributed by atoms with Crippen molar-refractivity contribution in [3.8, 4) is 0 Å². The first-order chi connectivity index (χ1) is 13.9. The Balaban J connectivity index is 1.37. The van der Waals surface area contributed by atoms with Crippen molar-refractivity contribution >= 4 is 17.8 Å². The third kappa shape index (κ3) is 6.32. The molecule has 1 fully saturated rings. The average molecular weight is 404 g/mol. The van der Waals surface area contributed by atoms with Gasteiger partial charge in [0, 0.05) is 44.8 Å². The van der Waals surface area contributed by atoms with Crippen LogP contribution in [0.15, 0.2) is 59.7 Å². The van der Waals surface area contributed by atoms with Crippen LogP contribution in [0.3, 0.4) is 0 Å². The highest BCUT2D eigenvalue weighted by atomic mass is 19.4. The number of carbonyl (C=O) groups excluding carboxylic acids is 1. The molecule has 154 valence electrons. The zero-order chi connectivity index (χ0) is 20.7. The van der Waals surface area contributed by atoms with Gasteiger partial charge in [0.2, 0.25) is 5.91 Å². The minimum Gasteiger partial charge on any atom is -0.369 e. The molecule has 1 heterocycles. The Hall–Kier alpha value is -2.87. The number of para-hydroxylation sites is 1. The Morgan fingerprint density at radius 2 is 1.66 bits per heavy atom. The number of alkyl halides is 3. The van der Waals surface area contributed by atoms with Crippen LogP contribution >= 0.6 is 0 Å². The lowest BCUT2D eigenvalue weighted by Gasteiger charge is -2.36. The van der Waals surface area contributed by atoms with E-state index >= 15 is 0 Å². The molecular formula is C21H23F3N4O. The van der Waals surface area contributed by atoms with Crippen LogP contribution in [0.1, 0.15) is 17.5 Å². The number of nitrogens with zero attached hydrogens (tertiary/aromatic N) is 3. The molecule has 2 aromatic carbocycles. The van der Waals surface area contributed by atoms with Crippen molar-refractivity contribution in [3.63, 3.8) is 0 Å². The van der Waals surface area contributed by atoms with E-state index in [9.17, 15) is 18.0 Å². The van der Waals surface area contributed by atoms with E-state index in [-0.39, 0.29) is 5.91 Å². The first-order valence-electron chi connectivity index (χ1n) is 9.43. The van der Waals surface area contributed by atoms with E-state index in [1.807, 2.05) is 18.2 Å². The van der Waals surface area contributed by atoms with Gasteiger partial charge in [-0.3, -0.25) is 9.69 Å². The van der Waals surface area contributed by atoms with E-state index < -0.39 is 11.7 Å². The lowest BCUT2D eigenvalue weighted by atomic mass is 10.1. The molecular weight excluding hydrogens is 381 g/mol. The lowest BCUT2D eigenvalue weighted by Crippen LogP contribution is -2.47. The fraction of sp³-hybridized carbons (Fsp3) is 0.333. The SMILES string of the molecule is O=C(CCN1CCN(c2ccccc2)CC1)N/N=C/c1ccc(C(F)(F)F)cc1. The Morgan fingerprint density at radius 3 is 2.28 bits per heavy atom. The minimum absolute atomic E-state index is 0.223. The standard InChI is InChI=1S/C21H23F3N4O/c22-21(23,24)18-8-6-17(7-9-18)16-25-26-20(29)10-11-27-12-14-28(15-13-27)19-4-2-1-3-5-19/h1-9,16H,10-15H2,(H,26,29)/b25-16+. The highest BCUT2D eigenvalue weighted by molar-refractivity contribution is 5.82. The summed E-state index contributed by atoms with van der Waals surface area (Å²) in [6.45, 7) is 4.24. The van der Waals surface area contributed by atoms with Crippen LogP contribution in [0.25, 0.3) is 0 Å². The summed E-state index contributed by atoms with van der Waals surface area (Å²) in [6, 6.07) is 14.8. The van der Waals surface area contributed by atoms with Crippen molar-refractivity contribution in [2.24, 2.45) is 5.10 Å². The smallest absolute Gasteiger partial charge is 0.369 e. The highest BCUT2D eigenvalue weighted by Crippen LogP contribution is 2.28. The molecule has 0 aromatic heterocycles. The minimum atomic E-state index is -4.36. The fourth-order valence-electron chi connectivity index (χ4n) is 3.12. The first kappa shape index (κ1) is 20.9. The Bertz CT molecular complexity index is 814. The van der Waals surface area contributed by atoms with Gasteiger partial charge < -0.3 is 4.90 Å². The predicted molar refractivity (Wildman–Crippen MR) is 107 cm³/mol. The van der Waals surface area contributed by atoms with E-state index in [4.69, 9.17) is 0 Å². The Labute approximate surface area is 167 Å². The van der Waals surface area contributed by atoms with Crippen molar-refractivity contribution in [3.05, 3.63) is 65.7 Å². The maximum atomic E-state index is 12.5. The molecule has 1 saturated heterocycles. The number of hydrazone groups is 1. The van der Waals surface area contributed by atoms with Crippen molar-refractivity contribution < 1.29 is 18.0 Å². The van der Waals surface area contributed by atoms with Crippen LogP contribution in [-0.2, 0) is 11.0 Å². The molecule has 1 aliphatic rings. The van der Waals surface area contributed by atoms with E-state index in [1.54, 1.807) is 0 Å². The van der Waals surface area contributed by atoms with Crippen molar-refractivity contribution in [2.75, 3.05) is 37.6 Å². The first-order valence-corrected chi connectivity index (χ1v) is 9.43. The van der Waals surface area contributed by atoms with Gasteiger partial charge in [-0.1, -0.05) is 30.3 Å². The maximum Gasteiger partial charge on any atom is 0.416 e. The van der Waals surface area contributed by atoms with Gasteiger partial charge in [0.25, 0.3) is 0 Å². The van der Waals surface area contributed by atoms with E-state index in [2.05, 4.69) is 32.5 Å². The van der Waals surface area contributed by atoms with Gasteiger partial charge in [0.15, 0.2) is 0 Å². The van der Waals surface area contributed by atoms with Crippen molar-refractivity contribution in [1.29, 1.82) is 0 Å². The second-order valence-electron chi connectivity index (χ2n) is 6.83. The molecule has 8 heteroatoms. The van der Waals surface area contributed by atoms with Gasteiger partial charge in [-0.05, 0) is 29.8 Å². The van der Waals surface area contributed by atoms with Crippen LogP contribution in [0, 0.1) is 0 Å². The molecule has 3 rings (SSSR count). The van der Waals surface area contributed by atoms with Crippen LogP contribution in [0.2, 0.25) is 0 Å². The van der Waals surface area contributed by atoms with Crippen LogP contribution in [0.4, 0.5) is 18.9 Å². The number of carbonyl (C=O) groups is 1. The van der Waals surface area contributed by atoms with Gasteiger partial charge in [-0.25, -0.2) is 5.43 Å². The van der Waals surface area contributed by atoms with Gasteiger partial charge in [-0.15, -0.1) is 0 Å². The summed E-state index contributed by atoms with van der Waals surface area (Å²) in [4.78, 5) is 16.5. The van der Waals surface area contributed by atoms with Crippen LogP contribution < -0.4 is 10.3 Å². The van der Waals surface area contributed by atoms with E-state index in [1.165, 1.54) is 24.0 Å². The third-order valence-electron chi connectivity index (χ3n) is 4.79. The zero-order valence-corrected chi connectivity index (χ0v) is 15.9. The number of nitrogens with one attached hydrogen (secondary N) is 1. The molecule has 1 amide bonds. The largest absolute Gasteiger partial charge is 0.416 e. The van der Waals surface area contributed by atoms with Crippen molar-refractivity contribution in [1.82, 2.24) is 10.3 Å². The molecule has 0 spiro atoms. The highest BCUT2D eigenvalue weighted by Gasteiger charge is 2.29. The monoisotopic (exact) mass is 404 g/mol. The molecule has 5 nitrogen and oxygen atoms in total. The second-order valence-corrected chi connectivity index (χ2v) is 6.83. The molecule has 0 atom stereocenters. The number of anilines is 1. The molecule has 2 aromatic rings. The summed E-state index contributed by atoms with van der Waals surface area (Å²) < 4.78 is 37.6. The van der Waals surface area contributed by atoms with Gasteiger partial charge in [-0.2, -0.15) is 18.3 Å². The predicted octanol–water partition coefficient (Wildman–Crippen LogP) is 3.37. The summed E-state index contributed by atoms with van der Waals surface area (Å²) in [7, 11) is 0. The number of piperazine rings is 1. The molecule has 0 aliphatic carbocycles. The van der Waals surface area contributed by atoms with Gasteiger partial charge in [0.05, 0.1) is 11.8 Å². The molecule has 1 N–H and O–H groups in total. The lowest BCUT2D eigenvalue weighted by molar-refractivity contribution is -0.137. The summed E-state index contributed by atoms with van der Waals surface area (Å²) in [6.07, 6.45) is -2.72. The zero-order valence-electron chi connectivity index (χ0n) is 15.9. The molecule has 29 heavy (non-hydrogen) atoms. The number of halogens is 3. The average Bonchev–Trinajstić information content (AvgIpc) is 2.73. The quantitative estimate of drug-likeness (QED) is 0.593. The molecule has 0 bridgehead atoms. The maximum absolute atomic E-state index is 12.5. The van der Waals surface area contributed by atoms with Crippen LogP contribution in [0.5, 0.6) is 0 Å². The molecule has 0 radical (unpaired) electrons. The van der Waals surface area contributed by atoms with Gasteiger partial charge in [0.1, 0.15) is 0 Å². The molecule has 1 aliphatic heterocycles. The fourth-order valence-corrected chi connectivity index (χ4v) is 3.12. The number of hydrogen-bond donors (Lipinski definition) is 1. The number of rotatable bonds is 6. The Kier molecular flexibility index (Phi) is 6.87. The molecule has 0 saturated carbocycles. The third-order valence-corrected chi connectivity index (χ3v) is 4.79. The van der Waals surface area contributed by atoms with Crippen molar-refractivity contribution in [2.45, 2.75) is 12.6 Å². The van der Waals surface area contributed by atoms with Gasteiger partial charge >= 0.3 is 6.18 Å². The van der Waals surface area contributed by atoms with E-state index in [0.29, 0.717) is 18.5 Å². The second kappa shape index (κ2) is 9.56. The number of hydrogen-bond acceptors (Lipinski definition) is 4. The normalized spacial score (nSPS) is 15.6. The number of benzene rings is 2. The summed E-state index contributed by atoms with van der Waals surface area (Å²) in [5, 5.41) is 3.82. The molecule has 0 unspecified atom stereocenters. The summed E-state index contributed by atoms with van der Waals surface area (Å²) >= 11 is 0.